The van der Waals surface area contributed by atoms with Crippen LogP contribution in [0.3, 0.4) is 0 Å². The van der Waals surface area contributed by atoms with Crippen LogP contribution in [0.4, 0.5) is 18.0 Å². The number of urea groups is 1. The fourth-order valence-electron chi connectivity index (χ4n) is 6.15. The third-order valence-corrected chi connectivity index (χ3v) is 8.05. The predicted octanol–water partition coefficient (Wildman–Crippen LogP) is 5.45. The number of ether oxygens (including phenoxy) is 1. The second kappa shape index (κ2) is 12.7. The van der Waals surface area contributed by atoms with E-state index in [1.54, 1.807) is 14.5 Å². The number of carbonyl (C=O) groups is 1. The van der Waals surface area contributed by atoms with Gasteiger partial charge in [0.25, 0.3) is 0 Å². The van der Waals surface area contributed by atoms with Crippen LogP contribution in [0.15, 0.2) is 48.5 Å². The number of amides is 2. The SMILES string of the molecule is C[C@@H]1CN(C(=O)N(CC2CNC[C@@H]2F)[C@@H](c2nc(-c3cc(F)ccc3F)nn2Cc2ccccc2)C(C)(C)C)C[C@H](C)O1. The van der Waals surface area contributed by atoms with Crippen molar-refractivity contribution < 1.29 is 22.7 Å². The minimum atomic E-state index is -1.11. The van der Waals surface area contributed by atoms with E-state index in [2.05, 4.69) is 10.4 Å². The molecule has 3 heterocycles. The quantitative estimate of drug-likeness (QED) is 0.392. The molecule has 0 spiro atoms. The molecule has 5 rings (SSSR count). The van der Waals surface area contributed by atoms with Gasteiger partial charge in [0.15, 0.2) is 11.6 Å². The molecule has 11 heteroatoms. The maximum atomic E-state index is 15.1. The van der Waals surface area contributed by atoms with E-state index in [4.69, 9.17) is 9.72 Å². The molecule has 2 aromatic carbocycles. The van der Waals surface area contributed by atoms with Crippen molar-refractivity contribution in [3.8, 4) is 11.4 Å². The summed E-state index contributed by atoms with van der Waals surface area (Å²) in [6.45, 7) is 11.7. The van der Waals surface area contributed by atoms with Gasteiger partial charge in [-0.2, -0.15) is 5.10 Å². The Morgan fingerprint density at radius 1 is 1.09 bits per heavy atom. The van der Waals surface area contributed by atoms with Gasteiger partial charge in [0.05, 0.1) is 30.4 Å². The minimum Gasteiger partial charge on any atom is -0.372 e. The summed E-state index contributed by atoms with van der Waals surface area (Å²) < 4.78 is 51.9. The first-order chi connectivity index (χ1) is 20.4. The largest absolute Gasteiger partial charge is 0.372 e. The molecule has 3 aromatic rings. The van der Waals surface area contributed by atoms with Gasteiger partial charge in [-0.3, -0.25) is 0 Å². The minimum absolute atomic E-state index is 0.0177. The monoisotopic (exact) mass is 598 g/mol. The van der Waals surface area contributed by atoms with Gasteiger partial charge in [0.2, 0.25) is 0 Å². The highest BCUT2D eigenvalue weighted by Crippen LogP contribution is 2.40. The number of rotatable bonds is 7. The van der Waals surface area contributed by atoms with Crippen molar-refractivity contribution in [2.75, 3.05) is 32.7 Å². The number of morpholine rings is 1. The molecule has 0 radical (unpaired) electrons. The molecule has 2 aliphatic rings. The van der Waals surface area contributed by atoms with E-state index in [9.17, 15) is 13.6 Å². The third-order valence-electron chi connectivity index (χ3n) is 8.05. The van der Waals surface area contributed by atoms with Gasteiger partial charge in [-0.25, -0.2) is 27.6 Å². The summed E-state index contributed by atoms with van der Waals surface area (Å²) in [7, 11) is 0. The van der Waals surface area contributed by atoms with Crippen LogP contribution in [0.5, 0.6) is 0 Å². The lowest BCUT2D eigenvalue weighted by molar-refractivity contribution is -0.0620. The molecule has 1 N–H and O–H groups in total. The van der Waals surface area contributed by atoms with E-state index < -0.39 is 35.2 Å². The maximum Gasteiger partial charge on any atom is 0.320 e. The smallest absolute Gasteiger partial charge is 0.320 e. The summed E-state index contributed by atoms with van der Waals surface area (Å²) in [6, 6.07) is 11.9. The Balaban J connectivity index is 1.65. The summed E-state index contributed by atoms with van der Waals surface area (Å²) in [4.78, 5) is 22.8. The van der Waals surface area contributed by atoms with Gasteiger partial charge >= 0.3 is 6.03 Å². The molecule has 2 aliphatic heterocycles. The van der Waals surface area contributed by atoms with Crippen molar-refractivity contribution in [2.24, 2.45) is 11.3 Å². The fraction of sp³-hybridized carbons (Fsp3) is 0.531. The van der Waals surface area contributed by atoms with Crippen LogP contribution in [0.2, 0.25) is 0 Å². The van der Waals surface area contributed by atoms with Crippen molar-refractivity contribution >= 4 is 6.03 Å². The number of benzene rings is 2. The summed E-state index contributed by atoms with van der Waals surface area (Å²) in [5, 5.41) is 7.78. The Morgan fingerprint density at radius 3 is 2.42 bits per heavy atom. The van der Waals surface area contributed by atoms with E-state index >= 15 is 4.39 Å². The maximum absolute atomic E-state index is 15.1. The standard InChI is InChI=1S/C32H41F3N6O2/c1-20-16-39(17-21(2)43-20)31(42)40(19-23-14-36-15-27(23)35)28(32(3,4)5)30-37-29(25-13-24(33)11-12-26(25)34)38-41(30)18-22-9-7-6-8-10-22/h6-13,20-21,23,27-28,36H,14-19H2,1-5H3/t20-,21+,23?,27-,28-/m0/s1. The van der Waals surface area contributed by atoms with E-state index in [1.807, 2.05) is 65.0 Å². The molecule has 2 fully saturated rings. The average Bonchev–Trinajstić information content (AvgIpc) is 3.54. The van der Waals surface area contributed by atoms with Crippen LogP contribution in [0.25, 0.3) is 11.4 Å². The first-order valence-corrected chi connectivity index (χ1v) is 14.9. The highest BCUT2D eigenvalue weighted by Gasteiger charge is 2.44. The van der Waals surface area contributed by atoms with Crippen molar-refractivity contribution in [2.45, 2.75) is 65.6 Å². The van der Waals surface area contributed by atoms with Crippen molar-refractivity contribution in [1.29, 1.82) is 0 Å². The zero-order valence-electron chi connectivity index (χ0n) is 25.4. The molecular weight excluding hydrogens is 557 g/mol. The normalized spacial score (nSPS) is 23.4. The molecule has 0 aliphatic carbocycles. The molecule has 8 nitrogen and oxygen atoms in total. The zero-order chi connectivity index (χ0) is 30.9. The van der Waals surface area contributed by atoms with E-state index in [-0.39, 0.29) is 49.3 Å². The number of alkyl halides is 1. The van der Waals surface area contributed by atoms with Gasteiger partial charge in [0.1, 0.15) is 17.8 Å². The molecule has 1 unspecified atom stereocenters. The van der Waals surface area contributed by atoms with Crippen LogP contribution >= 0.6 is 0 Å². The van der Waals surface area contributed by atoms with Gasteiger partial charge in [-0.05, 0) is 43.0 Å². The molecule has 2 saturated heterocycles. The van der Waals surface area contributed by atoms with Crippen LogP contribution in [0.1, 0.15) is 52.0 Å². The highest BCUT2D eigenvalue weighted by molar-refractivity contribution is 5.75. The Labute approximate surface area is 251 Å². The summed E-state index contributed by atoms with van der Waals surface area (Å²) in [5.74, 6) is -1.25. The number of nitrogens with one attached hydrogen (secondary N) is 1. The van der Waals surface area contributed by atoms with Crippen LogP contribution in [-0.2, 0) is 11.3 Å². The van der Waals surface area contributed by atoms with E-state index in [1.165, 1.54) is 0 Å². The Morgan fingerprint density at radius 2 is 1.79 bits per heavy atom. The summed E-state index contributed by atoms with van der Waals surface area (Å²) in [6.07, 6.45) is -1.43. The Kier molecular flexibility index (Phi) is 9.12. The van der Waals surface area contributed by atoms with E-state index in [0.29, 0.717) is 25.5 Å². The molecule has 2 amide bonds. The van der Waals surface area contributed by atoms with Gasteiger partial charge in [-0.1, -0.05) is 51.1 Å². The summed E-state index contributed by atoms with van der Waals surface area (Å²) >= 11 is 0. The number of carbonyl (C=O) groups excluding carboxylic acids is 1. The Hall–Kier alpha value is -3.44. The highest BCUT2D eigenvalue weighted by atomic mass is 19.1. The van der Waals surface area contributed by atoms with E-state index in [0.717, 1.165) is 23.8 Å². The zero-order valence-corrected chi connectivity index (χ0v) is 25.4. The van der Waals surface area contributed by atoms with Gasteiger partial charge in [-0.15, -0.1) is 0 Å². The van der Waals surface area contributed by atoms with Gasteiger partial charge in [0, 0.05) is 38.6 Å². The fourth-order valence-corrected chi connectivity index (χ4v) is 6.15. The molecule has 43 heavy (non-hydrogen) atoms. The number of hydrogen-bond acceptors (Lipinski definition) is 5. The van der Waals surface area contributed by atoms with Crippen LogP contribution in [-0.4, -0.2) is 81.7 Å². The molecule has 0 bridgehead atoms. The molecular formula is C32H41F3N6O2. The first-order valence-electron chi connectivity index (χ1n) is 14.9. The second-order valence-electron chi connectivity index (χ2n) is 12.9. The second-order valence-corrected chi connectivity index (χ2v) is 12.9. The first kappa shape index (κ1) is 31.0. The number of halogens is 3. The lowest BCUT2D eigenvalue weighted by Gasteiger charge is -2.45. The molecule has 1 aromatic heterocycles. The topological polar surface area (TPSA) is 75.5 Å². The third kappa shape index (κ3) is 7.04. The molecule has 232 valence electrons. The van der Waals surface area contributed by atoms with Crippen LogP contribution in [0, 0.1) is 23.0 Å². The lowest BCUT2D eigenvalue weighted by Crippen LogP contribution is -2.56. The van der Waals surface area contributed by atoms with Crippen molar-refractivity contribution in [1.82, 2.24) is 29.9 Å². The molecule has 0 saturated carbocycles. The average molecular weight is 599 g/mol. The Bertz CT molecular complexity index is 1400. The number of hydrogen-bond donors (Lipinski definition) is 1. The van der Waals surface area contributed by atoms with Gasteiger partial charge < -0.3 is 19.9 Å². The molecule has 5 atom stereocenters. The van der Waals surface area contributed by atoms with Crippen molar-refractivity contribution in [3.05, 3.63) is 71.6 Å². The number of nitrogens with zero attached hydrogens (tertiary/aromatic N) is 5. The lowest BCUT2D eigenvalue weighted by atomic mass is 9.84. The number of aromatic nitrogens is 3. The van der Waals surface area contributed by atoms with Crippen molar-refractivity contribution in [3.63, 3.8) is 0 Å². The van der Waals surface area contributed by atoms with Crippen LogP contribution < -0.4 is 5.32 Å². The predicted molar refractivity (Wildman–Crippen MR) is 158 cm³/mol. The summed E-state index contributed by atoms with van der Waals surface area (Å²) in [5.41, 5.74) is 0.249.